The van der Waals surface area contributed by atoms with Crippen molar-refractivity contribution in [1.29, 1.82) is 0 Å². The van der Waals surface area contributed by atoms with Crippen LogP contribution in [0.2, 0.25) is 0 Å². The fourth-order valence-corrected chi connectivity index (χ4v) is 2.67. The minimum atomic E-state index is -0.211. The zero-order valence-corrected chi connectivity index (χ0v) is 11.2. The second-order valence-electron chi connectivity index (χ2n) is 6.03. The maximum atomic E-state index is 13.2. The Morgan fingerprint density at radius 1 is 1.28 bits per heavy atom. The van der Waals surface area contributed by atoms with Gasteiger partial charge in [0.25, 0.3) is 0 Å². The highest BCUT2D eigenvalue weighted by Crippen LogP contribution is 2.35. The zero-order chi connectivity index (χ0) is 13.3. The van der Waals surface area contributed by atoms with E-state index in [0.29, 0.717) is 12.8 Å². The van der Waals surface area contributed by atoms with Crippen molar-refractivity contribution in [1.82, 2.24) is 0 Å². The van der Waals surface area contributed by atoms with Crippen LogP contribution in [0.15, 0.2) is 29.8 Å². The molecule has 0 radical (unpaired) electrons. The average Bonchev–Trinajstić information content (AvgIpc) is 2.20. The maximum absolute atomic E-state index is 13.2. The van der Waals surface area contributed by atoms with Gasteiger partial charge in [0, 0.05) is 6.42 Å². The van der Waals surface area contributed by atoms with Gasteiger partial charge in [-0.1, -0.05) is 25.5 Å². The Labute approximate surface area is 108 Å². The number of halogens is 1. The lowest BCUT2D eigenvalue weighted by molar-refractivity contribution is -0.117. The number of benzene rings is 1. The fourth-order valence-electron chi connectivity index (χ4n) is 2.67. The van der Waals surface area contributed by atoms with E-state index in [2.05, 4.69) is 13.8 Å². The molecule has 0 saturated heterocycles. The lowest BCUT2D eigenvalue weighted by Crippen LogP contribution is -2.22. The monoisotopic (exact) mass is 246 g/mol. The minimum absolute atomic E-state index is 0.0302. The van der Waals surface area contributed by atoms with Gasteiger partial charge in [0.1, 0.15) is 5.82 Å². The summed E-state index contributed by atoms with van der Waals surface area (Å²) in [5, 5.41) is 0. The molecule has 1 aromatic carbocycles. The van der Waals surface area contributed by atoms with E-state index in [9.17, 15) is 9.18 Å². The molecule has 2 rings (SSSR count). The second kappa shape index (κ2) is 4.68. The number of aryl methyl sites for hydroxylation is 1. The molecule has 1 aliphatic rings. The van der Waals surface area contributed by atoms with Gasteiger partial charge in [-0.2, -0.15) is 0 Å². The van der Waals surface area contributed by atoms with Gasteiger partial charge in [0.2, 0.25) is 0 Å². The van der Waals surface area contributed by atoms with Gasteiger partial charge < -0.3 is 0 Å². The Morgan fingerprint density at radius 2 is 2.00 bits per heavy atom. The summed E-state index contributed by atoms with van der Waals surface area (Å²) in [7, 11) is 0. The first-order chi connectivity index (χ1) is 8.35. The van der Waals surface area contributed by atoms with Gasteiger partial charge in [0.15, 0.2) is 5.78 Å². The molecule has 96 valence electrons. The first-order valence-corrected chi connectivity index (χ1v) is 6.33. The number of hydrogen-bond donors (Lipinski definition) is 0. The average molecular weight is 246 g/mol. The molecule has 0 amide bonds. The summed E-state index contributed by atoms with van der Waals surface area (Å²) in [5.74, 6) is -0.0205. The molecule has 18 heavy (non-hydrogen) atoms. The summed E-state index contributed by atoms with van der Waals surface area (Å²) in [5.41, 5.74) is 3.20. The van der Waals surface area contributed by atoms with E-state index in [1.807, 2.05) is 6.92 Å². The van der Waals surface area contributed by atoms with Gasteiger partial charge >= 0.3 is 0 Å². The first kappa shape index (κ1) is 13.0. The summed E-state index contributed by atoms with van der Waals surface area (Å²) >= 11 is 0. The lowest BCUT2D eigenvalue weighted by atomic mass is 9.75. The fraction of sp³-hybridized carbons (Fsp3) is 0.438. The van der Waals surface area contributed by atoms with E-state index in [1.54, 1.807) is 18.2 Å². The number of carbonyl (C=O) groups excluding carboxylic acids is 1. The summed E-state index contributed by atoms with van der Waals surface area (Å²) < 4.78 is 13.2. The zero-order valence-electron chi connectivity index (χ0n) is 11.2. The van der Waals surface area contributed by atoms with Crippen molar-refractivity contribution in [2.24, 2.45) is 5.41 Å². The predicted molar refractivity (Wildman–Crippen MR) is 70.9 cm³/mol. The van der Waals surface area contributed by atoms with Crippen molar-refractivity contribution in [2.45, 2.75) is 40.0 Å². The molecule has 0 spiro atoms. The van der Waals surface area contributed by atoms with E-state index in [0.717, 1.165) is 23.1 Å². The molecule has 1 aromatic rings. The highest BCUT2D eigenvalue weighted by atomic mass is 19.1. The smallest absolute Gasteiger partial charge is 0.156 e. The Kier molecular flexibility index (Phi) is 3.38. The van der Waals surface area contributed by atoms with E-state index < -0.39 is 0 Å². The quantitative estimate of drug-likeness (QED) is 0.771. The largest absolute Gasteiger partial charge is 0.295 e. The van der Waals surface area contributed by atoms with E-state index in [-0.39, 0.29) is 17.0 Å². The van der Waals surface area contributed by atoms with Gasteiger partial charge in [-0.25, -0.2) is 4.39 Å². The molecule has 0 bridgehead atoms. The van der Waals surface area contributed by atoms with Crippen LogP contribution in [-0.2, 0) is 11.2 Å². The van der Waals surface area contributed by atoms with Crippen molar-refractivity contribution in [3.8, 4) is 0 Å². The van der Waals surface area contributed by atoms with Crippen molar-refractivity contribution in [2.75, 3.05) is 0 Å². The first-order valence-electron chi connectivity index (χ1n) is 6.33. The second-order valence-corrected chi connectivity index (χ2v) is 6.03. The van der Waals surface area contributed by atoms with Gasteiger partial charge in [0.05, 0.1) is 0 Å². The highest BCUT2D eigenvalue weighted by Gasteiger charge is 2.27. The molecule has 0 heterocycles. The van der Waals surface area contributed by atoms with E-state index in [1.165, 1.54) is 6.07 Å². The maximum Gasteiger partial charge on any atom is 0.156 e. The number of ketones is 1. The van der Waals surface area contributed by atoms with E-state index >= 15 is 0 Å². The third-order valence-corrected chi connectivity index (χ3v) is 3.45. The van der Waals surface area contributed by atoms with Crippen LogP contribution < -0.4 is 0 Å². The molecule has 2 heteroatoms. The molecule has 0 unspecified atom stereocenters. The van der Waals surface area contributed by atoms with Crippen molar-refractivity contribution >= 4 is 5.78 Å². The third kappa shape index (κ3) is 3.06. The van der Waals surface area contributed by atoms with Crippen LogP contribution >= 0.6 is 0 Å². The molecular formula is C16H19FO. The summed E-state index contributed by atoms with van der Waals surface area (Å²) in [6, 6.07) is 4.84. The van der Waals surface area contributed by atoms with Crippen molar-refractivity contribution < 1.29 is 9.18 Å². The molecule has 0 fully saturated rings. The lowest BCUT2D eigenvalue weighted by Gasteiger charge is -2.29. The van der Waals surface area contributed by atoms with Crippen LogP contribution in [0.25, 0.3) is 0 Å². The standard InChI is InChI=1S/C16H19FO/c1-11-4-5-14(17)8-13(11)6-12-7-15(18)10-16(2,3)9-12/h4-5,7-8H,6,9-10H2,1-3H3. The van der Waals surface area contributed by atoms with Crippen LogP contribution in [0.1, 0.15) is 37.8 Å². The Balaban J connectivity index is 2.24. The SMILES string of the molecule is Cc1ccc(F)cc1CC1=CC(=O)CC(C)(C)C1. The third-order valence-electron chi connectivity index (χ3n) is 3.45. The Hall–Kier alpha value is -1.44. The van der Waals surface area contributed by atoms with Crippen LogP contribution in [-0.4, -0.2) is 5.78 Å². The molecule has 0 aromatic heterocycles. The number of rotatable bonds is 2. The number of hydrogen-bond acceptors (Lipinski definition) is 1. The predicted octanol–water partition coefficient (Wildman–Crippen LogP) is 3.99. The van der Waals surface area contributed by atoms with Crippen LogP contribution in [0.4, 0.5) is 4.39 Å². The summed E-state index contributed by atoms with van der Waals surface area (Å²) in [4.78, 5) is 11.7. The van der Waals surface area contributed by atoms with Crippen molar-refractivity contribution in [3.63, 3.8) is 0 Å². The van der Waals surface area contributed by atoms with Crippen LogP contribution in [0.3, 0.4) is 0 Å². The normalized spacial score (nSPS) is 18.7. The van der Waals surface area contributed by atoms with E-state index in [4.69, 9.17) is 0 Å². The minimum Gasteiger partial charge on any atom is -0.295 e. The molecule has 1 aliphatic carbocycles. The number of allylic oxidation sites excluding steroid dienone is 2. The van der Waals surface area contributed by atoms with Crippen molar-refractivity contribution in [3.05, 3.63) is 46.8 Å². The Morgan fingerprint density at radius 3 is 2.67 bits per heavy atom. The number of carbonyl (C=O) groups is 1. The van der Waals surface area contributed by atoms with Crippen LogP contribution in [0, 0.1) is 18.2 Å². The summed E-state index contributed by atoms with van der Waals surface area (Å²) in [6.07, 6.45) is 3.95. The molecule has 0 saturated carbocycles. The Bertz CT molecular complexity index is 512. The molecular weight excluding hydrogens is 227 g/mol. The molecule has 0 atom stereocenters. The topological polar surface area (TPSA) is 17.1 Å². The van der Waals surface area contributed by atoms with Gasteiger partial charge in [-0.15, -0.1) is 0 Å². The highest BCUT2D eigenvalue weighted by molar-refractivity contribution is 5.91. The van der Waals surface area contributed by atoms with Gasteiger partial charge in [-0.05, 0) is 54.5 Å². The summed E-state index contributed by atoms with van der Waals surface area (Å²) in [6.45, 7) is 6.19. The molecule has 0 aliphatic heterocycles. The van der Waals surface area contributed by atoms with Crippen LogP contribution in [0.5, 0.6) is 0 Å². The van der Waals surface area contributed by atoms with Gasteiger partial charge in [-0.3, -0.25) is 4.79 Å². The molecule has 0 N–H and O–H groups in total. The molecule has 1 nitrogen and oxygen atoms in total.